The summed E-state index contributed by atoms with van der Waals surface area (Å²) in [6.45, 7) is 2.40. The zero-order valence-corrected chi connectivity index (χ0v) is 11.3. The van der Waals surface area contributed by atoms with Crippen molar-refractivity contribution in [2.24, 2.45) is 5.92 Å². The van der Waals surface area contributed by atoms with Gasteiger partial charge in [0.15, 0.2) is 6.61 Å². The molecule has 1 unspecified atom stereocenters. The third-order valence-corrected chi connectivity index (χ3v) is 3.38. The number of aryl methyl sites for hydroxylation is 1. The fraction of sp³-hybridized carbons (Fsp3) is 0.533. The van der Waals surface area contributed by atoms with Crippen LogP contribution < -0.4 is 10.1 Å². The van der Waals surface area contributed by atoms with Gasteiger partial charge in [-0.05, 0) is 42.9 Å². The second kappa shape index (κ2) is 6.57. The van der Waals surface area contributed by atoms with E-state index in [1.807, 2.05) is 24.3 Å². The summed E-state index contributed by atoms with van der Waals surface area (Å²) in [5.74, 6) is 0.872. The Morgan fingerprint density at radius 3 is 2.68 bits per heavy atom. The van der Waals surface area contributed by atoms with Crippen LogP contribution in [0.1, 0.15) is 25.3 Å². The van der Waals surface area contributed by atoms with Crippen molar-refractivity contribution in [2.75, 3.05) is 13.2 Å². The highest BCUT2D eigenvalue weighted by Crippen LogP contribution is 2.32. The molecule has 1 aliphatic carbocycles. The van der Waals surface area contributed by atoms with E-state index in [-0.39, 0.29) is 12.5 Å². The van der Waals surface area contributed by atoms with Gasteiger partial charge in [-0.25, -0.2) is 0 Å². The first-order valence-corrected chi connectivity index (χ1v) is 6.85. The number of ether oxygens (including phenoxy) is 1. The molecule has 0 bridgehead atoms. The molecule has 1 aromatic rings. The maximum atomic E-state index is 11.5. The van der Waals surface area contributed by atoms with Crippen molar-refractivity contribution in [2.45, 2.75) is 32.3 Å². The molecule has 2 rings (SSSR count). The second-order valence-corrected chi connectivity index (χ2v) is 5.00. The van der Waals surface area contributed by atoms with Crippen molar-refractivity contribution < 1.29 is 14.6 Å². The first-order valence-electron chi connectivity index (χ1n) is 6.85. The molecule has 1 atom stereocenters. The number of aliphatic hydroxyl groups is 1. The highest BCUT2D eigenvalue weighted by atomic mass is 16.5. The van der Waals surface area contributed by atoms with Gasteiger partial charge in [0, 0.05) is 6.54 Å². The summed E-state index contributed by atoms with van der Waals surface area (Å²) >= 11 is 0. The predicted molar refractivity (Wildman–Crippen MR) is 73.1 cm³/mol. The molecule has 0 aliphatic heterocycles. The van der Waals surface area contributed by atoms with Crippen LogP contribution in [-0.4, -0.2) is 30.3 Å². The number of benzene rings is 1. The minimum absolute atomic E-state index is 0.0111. The van der Waals surface area contributed by atoms with E-state index in [1.54, 1.807) is 0 Å². The van der Waals surface area contributed by atoms with Gasteiger partial charge in [-0.15, -0.1) is 0 Å². The van der Waals surface area contributed by atoms with E-state index >= 15 is 0 Å². The predicted octanol–water partition coefficient (Wildman–Crippen LogP) is 1.51. The summed E-state index contributed by atoms with van der Waals surface area (Å²) in [4.78, 5) is 11.5. The normalized spacial score (nSPS) is 15.9. The standard InChI is InChI=1S/C15H21NO3/c1-2-11-3-7-13(8-4-11)19-10-15(18)16-9-14(17)12-5-6-12/h3-4,7-8,12,14,17H,2,5-6,9-10H2,1H3,(H,16,18). The lowest BCUT2D eigenvalue weighted by Crippen LogP contribution is -2.36. The quantitative estimate of drug-likeness (QED) is 0.784. The van der Waals surface area contributed by atoms with Gasteiger partial charge < -0.3 is 15.2 Å². The fourth-order valence-electron chi connectivity index (χ4n) is 1.89. The highest BCUT2D eigenvalue weighted by molar-refractivity contribution is 5.77. The molecular weight excluding hydrogens is 242 g/mol. The zero-order chi connectivity index (χ0) is 13.7. The van der Waals surface area contributed by atoms with Crippen molar-refractivity contribution in [3.8, 4) is 5.75 Å². The fourth-order valence-corrected chi connectivity index (χ4v) is 1.89. The Morgan fingerprint density at radius 1 is 1.42 bits per heavy atom. The smallest absolute Gasteiger partial charge is 0.258 e. The van der Waals surface area contributed by atoms with Crippen LogP contribution >= 0.6 is 0 Å². The summed E-state index contributed by atoms with van der Waals surface area (Å²) < 4.78 is 5.38. The largest absolute Gasteiger partial charge is 0.484 e. The Balaban J connectivity index is 1.67. The Labute approximate surface area is 113 Å². The molecule has 1 aliphatic rings. The topological polar surface area (TPSA) is 58.6 Å². The van der Waals surface area contributed by atoms with E-state index < -0.39 is 6.10 Å². The third kappa shape index (κ3) is 4.56. The van der Waals surface area contributed by atoms with E-state index in [2.05, 4.69) is 12.2 Å². The van der Waals surface area contributed by atoms with Gasteiger partial charge in [0.05, 0.1) is 6.10 Å². The van der Waals surface area contributed by atoms with Gasteiger partial charge in [-0.1, -0.05) is 19.1 Å². The first kappa shape index (κ1) is 13.9. The number of rotatable bonds is 7. The lowest BCUT2D eigenvalue weighted by Gasteiger charge is -2.11. The van der Waals surface area contributed by atoms with Gasteiger partial charge in [0.1, 0.15) is 5.75 Å². The van der Waals surface area contributed by atoms with E-state index in [4.69, 9.17) is 4.74 Å². The molecular formula is C15H21NO3. The highest BCUT2D eigenvalue weighted by Gasteiger charge is 2.29. The van der Waals surface area contributed by atoms with Crippen LogP contribution in [0.15, 0.2) is 24.3 Å². The van der Waals surface area contributed by atoms with Crippen LogP contribution in [0.2, 0.25) is 0 Å². The summed E-state index contributed by atoms with van der Waals surface area (Å²) in [5.41, 5.74) is 1.24. The van der Waals surface area contributed by atoms with E-state index in [9.17, 15) is 9.90 Å². The summed E-state index contributed by atoms with van der Waals surface area (Å²) in [6.07, 6.45) is 2.71. The molecule has 1 fully saturated rings. The van der Waals surface area contributed by atoms with E-state index in [1.165, 1.54) is 5.56 Å². The number of carbonyl (C=O) groups is 1. The van der Waals surface area contributed by atoms with Crippen LogP contribution in [0.4, 0.5) is 0 Å². The van der Waals surface area contributed by atoms with E-state index in [0.29, 0.717) is 18.2 Å². The number of nitrogens with one attached hydrogen (secondary N) is 1. The van der Waals surface area contributed by atoms with Crippen molar-refractivity contribution in [3.05, 3.63) is 29.8 Å². The molecule has 0 saturated heterocycles. The second-order valence-electron chi connectivity index (χ2n) is 5.00. The van der Waals surface area contributed by atoms with Crippen LogP contribution in [0.5, 0.6) is 5.75 Å². The Hall–Kier alpha value is -1.55. The Kier molecular flexibility index (Phi) is 4.80. The molecule has 104 valence electrons. The van der Waals surface area contributed by atoms with Gasteiger partial charge in [-0.2, -0.15) is 0 Å². The van der Waals surface area contributed by atoms with Crippen LogP contribution in [0.3, 0.4) is 0 Å². The minimum atomic E-state index is -0.409. The lowest BCUT2D eigenvalue weighted by molar-refractivity contribution is -0.123. The monoisotopic (exact) mass is 263 g/mol. The van der Waals surface area contributed by atoms with Crippen molar-refractivity contribution in [3.63, 3.8) is 0 Å². The molecule has 4 nitrogen and oxygen atoms in total. The average Bonchev–Trinajstić information content (AvgIpc) is 3.27. The minimum Gasteiger partial charge on any atom is -0.484 e. The molecule has 4 heteroatoms. The first-order chi connectivity index (χ1) is 9.19. The van der Waals surface area contributed by atoms with Crippen molar-refractivity contribution >= 4 is 5.91 Å². The number of hydrogen-bond acceptors (Lipinski definition) is 3. The van der Waals surface area contributed by atoms with Crippen LogP contribution in [0, 0.1) is 5.92 Å². The molecule has 2 N–H and O–H groups in total. The molecule has 1 amide bonds. The van der Waals surface area contributed by atoms with Crippen molar-refractivity contribution in [1.82, 2.24) is 5.32 Å². The van der Waals surface area contributed by atoms with Crippen molar-refractivity contribution in [1.29, 1.82) is 0 Å². The average molecular weight is 263 g/mol. The molecule has 0 aromatic heterocycles. The zero-order valence-electron chi connectivity index (χ0n) is 11.3. The Bertz CT molecular complexity index is 412. The molecule has 0 spiro atoms. The van der Waals surface area contributed by atoms with Crippen LogP contribution in [0.25, 0.3) is 0 Å². The molecule has 0 heterocycles. The summed E-state index contributed by atoms with van der Waals surface area (Å²) in [6, 6.07) is 7.71. The van der Waals surface area contributed by atoms with Gasteiger partial charge >= 0.3 is 0 Å². The van der Waals surface area contributed by atoms with Gasteiger partial charge in [-0.3, -0.25) is 4.79 Å². The maximum Gasteiger partial charge on any atom is 0.258 e. The third-order valence-electron chi connectivity index (χ3n) is 3.38. The molecule has 1 saturated carbocycles. The maximum absolute atomic E-state index is 11.5. The summed E-state index contributed by atoms with van der Waals surface area (Å²) in [5, 5.41) is 12.3. The SMILES string of the molecule is CCc1ccc(OCC(=O)NCC(O)C2CC2)cc1. The summed E-state index contributed by atoms with van der Waals surface area (Å²) in [7, 11) is 0. The molecule has 19 heavy (non-hydrogen) atoms. The number of hydrogen-bond donors (Lipinski definition) is 2. The number of carbonyl (C=O) groups excluding carboxylic acids is 1. The van der Waals surface area contributed by atoms with E-state index in [0.717, 1.165) is 19.3 Å². The Morgan fingerprint density at radius 2 is 2.11 bits per heavy atom. The molecule has 1 aromatic carbocycles. The van der Waals surface area contributed by atoms with Crippen LogP contribution in [-0.2, 0) is 11.2 Å². The van der Waals surface area contributed by atoms with Gasteiger partial charge in [0.2, 0.25) is 0 Å². The number of aliphatic hydroxyl groups excluding tert-OH is 1. The number of amides is 1. The molecule has 0 radical (unpaired) electrons. The lowest BCUT2D eigenvalue weighted by atomic mass is 10.2. The van der Waals surface area contributed by atoms with Gasteiger partial charge in [0.25, 0.3) is 5.91 Å².